The molecule has 8 nitrogen and oxygen atoms in total. The second kappa shape index (κ2) is 9.35. The van der Waals surface area contributed by atoms with Crippen molar-refractivity contribution in [1.29, 1.82) is 0 Å². The van der Waals surface area contributed by atoms with Crippen LogP contribution in [0.1, 0.15) is 26.2 Å². The Morgan fingerprint density at radius 1 is 1.37 bits per heavy atom. The molecule has 0 radical (unpaired) electrons. The van der Waals surface area contributed by atoms with Gasteiger partial charge in [0.25, 0.3) is 0 Å². The molecule has 0 aliphatic carbocycles. The Labute approximate surface area is 182 Å². The summed E-state index contributed by atoms with van der Waals surface area (Å²) in [5.41, 5.74) is -1.63. The minimum atomic E-state index is -3.82. The van der Waals surface area contributed by atoms with Gasteiger partial charge in [-0.1, -0.05) is 6.07 Å². The van der Waals surface area contributed by atoms with Crippen LogP contribution >= 0.6 is 12.4 Å². The van der Waals surface area contributed by atoms with Crippen molar-refractivity contribution in [1.82, 2.24) is 10.6 Å². The van der Waals surface area contributed by atoms with Crippen LogP contribution in [-0.2, 0) is 19.6 Å². The first-order valence-electron chi connectivity index (χ1n) is 9.63. The molecule has 1 aromatic rings. The van der Waals surface area contributed by atoms with E-state index in [1.165, 1.54) is 18.2 Å². The Morgan fingerprint density at radius 2 is 2.03 bits per heavy atom. The molecule has 0 aromatic heterocycles. The highest BCUT2D eigenvalue weighted by Crippen LogP contribution is 2.38. The van der Waals surface area contributed by atoms with E-state index < -0.39 is 45.5 Å². The van der Waals surface area contributed by atoms with Crippen molar-refractivity contribution < 1.29 is 27.4 Å². The Bertz CT molecular complexity index is 860. The topological polar surface area (TPSA) is 108 Å². The number of hydrogen-bond donors (Lipinski definition) is 3. The highest BCUT2D eigenvalue weighted by Gasteiger charge is 2.53. The molecule has 2 fully saturated rings. The van der Waals surface area contributed by atoms with Gasteiger partial charge in [-0.15, -0.1) is 12.4 Å². The number of sulfonamides is 1. The van der Waals surface area contributed by atoms with Gasteiger partial charge in [0, 0.05) is 6.61 Å². The second-order valence-corrected chi connectivity index (χ2v) is 9.94. The number of nitrogens with zero attached hydrogens (tertiary/aromatic N) is 1. The standard InChI is InChI=1S/C19H28FN3O5S.ClH/c1-18(8-11-28-19(17(18)25)6-9-21-10-7-19)22-16(24)13-23(29(2,26)27)15-5-3-4-14(20)12-15;/h3-5,12,17,21,25H,6-11,13H2,1-2H3,(H,22,24);1H/t17-,18+;/m0./s1. The number of aliphatic hydroxyl groups excluding tert-OH is 1. The molecular formula is C19H29ClFN3O5S. The lowest BCUT2D eigenvalue weighted by Gasteiger charge is -2.52. The van der Waals surface area contributed by atoms with Gasteiger partial charge in [-0.3, -0.25) is 9.10 Å². The van der Waals surface area contributed by atoms with E-state index in [1.54, 1.807) is 6.92 Å². The lowest BCUT2D eigenvalue weighted by Crippen LogP contribution is -2.69. The molecule has 2 saturated heterocycles. The van der Waals surface area contributed by atoms with E-state index in [9.17, 15) is 22.7 Å². The van der Waals surface area contributed by atoms with Crippen molar-refractivity contribution in [3.63, 3.8) is 0 Å². The van der Waals surface area contributed by atoms with Crippen LogP contribution in [0.3, 0.4) is 0 Å². The van der Waals surface area contributed by atoms with Gasteiger partial charge in [0.2, 0.25) is 15.9 Å². The molecule has 3 N–H and O–H groups in total. The van der Waals surface area contributed by atoms with Crippen LogP contribution in [0.25, 0.3) is 0 Å². The van der Waals surface area contributed by atoms with Gasteiger partial charge >= 0.3 is 0 Å². The molecule has 2 aliphatic heterocycles. The number of ether oxygens (including phenoxy) is 1. The van der Waals surface area contributed by atoms with Crippen molar-refractivity contribution in [2.45, 2.75) is 43.4 Å². The number of piperidine rings is 1. The normalized spacial score (nSPS) is 25.9. The van der Waals surface area contributed by atoms with Crippen LogP contribution in [0.15, 0.2) is 24.3 Å². The summed E-state index contributed by atoms with van der Waals surface area (Å²) in [5, 5.41) is 17.1. The van der Waals surface area contributed by atoms with Crippen LogP contribution in [0.5, 0.6) is 0 Å². The smallest absolute Gasteiger partial charge is 0.241 e. The molecule has 11 heteroatoms. The third-order valence-corrected chi connectivity index (χ3v) is 6.91. The predicted molar refractivity (Wildman–Crippen MR) is 114 cm³/mol. The van der Waals surface area contributed by atoms with Gasteiger partial charge in [-0.25, -0.2) is 12.8 Å². The zero-order valence-corrected chi connectivity index (χ0v) is 18.7. The number of halogens is 2. The molecule has 0 unspecified atom stereocenters. The summed E-state index contributed by atoms with van der Waals surface area (Å²) in [7, 11) is -3.82. The highest BCUT2D eigenvalue weighted by atomic mass is 35.5. The van der Waals surface area contributed by atoms with E-state index in [-0.39, 0.29) is 18.1 Å². The summed E-state index contributed by atoms with van der Waals surface area (Å²) in [5.74, 6) is -1.18. The molecule has 1 aromatic carbocycles. The number of carbonyl (C=O) groups is 1. The maximum absolute atomic E-state index is 13.6. The fraction of sp³-hybridized carbons (Fsp3) is 0.632. The number of amides is 1. The summed E-state index contributed by atoms with van der Waals surface area (Å²) < 4.78 is 44.7. The maximum atomic E-state index is 13.6. The van der Waals surface area contributed by atoms with Crippen molar-refractivity contribution in [2.24, 2.45) is 0 Å². The SMILES string of the molecule is C[C@@]1(NC(=O)CN(c2cccc(F)c2)S(C)(=O)=O)CCOC2(CCNCC2)[C@H]1O.Cl. The fourth-order valence-electron chi connectivity index (χ4n) is 4.18. The van der Waals surface area contributed by atoms with E-state index >= 15 is 0 Å². The molecule has 2 aliphatic rings. The van der Waals surface area contributed by atoms with Gasteiger partial charge in [-0.2, -0.15) is 0 Å². The molecule has 0 saturated carbocycles. The average Bonchev–Trinajstić information content (AvgIpc) is 2.64. The Kier molecular flexibility index (Phi) is 7.73. The fourth-order valence-corrected chi connectivity index (χ4v) is 5.03. The third-order valence-electron chi connectivity index (χ3n) is 5.77. The van der Waals surface area contributed by atoms with E-state index in [0.717, 1.165) is 16.6 Å². The van der Waals surface area contributed by atoms with Crippen molar-refractivity contribution in [3.8, 4) is 0 Å². The number of hydrogen-bond acceptors (Lipinski definition) is 6. The summed E-state index contributed by atoms with van der Waals surface area (Å²) in [6.07, 6.45) is 1.67. The number of nitrogens with one attached hydrogen (secondary N) is 2. The Balaban J connectivity index is 0.00000320. The Hall–Kier alpha value is -1.46. The number of carbonyl (C=O) groups excluding carboxylic acids is 1. The summed E-state index contributed by atoms with van der Waals surface area (Å²) in [4.78, 5) is 12.8. The number of rotatable bonds is 5. The molecule has 1 spiro atoms. The average molecular weight is 466 g/mol. The molecule has 2 atom stereocenters. The number of benzene rings is 1. The zero-order valence-electron chi connectivity index (χ0n) is 17.1. The summed E-state index contributed by atoms with van der Waals surface area (Å²) in [6, 6.07) is 5.06. The van der Waals surface area contributed by atoms with Gasteiger partial charge < -0.3 is 20.5 Å². The molecule has 30 heavy (non-hydrogen) atoms. The van der Waals surface area contributed by atoms with Crippen LogP contribution in [0.2, 0.25) is 0 Å². The lowest BCUT2D eigenvalue weighted by atomic mass is 9.73. The second-order valence-electron chi connectivity index (χ2n) is 8.03. The minimum absolute atomic E-state index is 0. The van der Waals surface area contributed by atoms with E-state index in [1.807, 2.05) is 0 Å². The van der Waals surface area contributed by atoms with Crippen LogP contribution in [0, 0.1) is 5.82 Å². The van der Waals surface area contributed by atoms with E-state index in [2.05, 4.69) is 10.6 Å². The van der Waals surface area contributed by atoms with Crippen LogP contribution in [-0.4, -0.2) is 69.2 Å². The largest absolute Gasteiger partial charge is 0.388 e. The number of aliphatic hydroxyl groups is 1. The summed E-state index contributed by atoms with van der Waals surface area (Å²) >= 11 is 0. The first-order chi connectivity index (χ1) is 13.6. The molecule has 2 heterocycles. The first kappa shape index (κ1) is 24.8. The molecule has 170 valence electrons. The van der Waals surface area contributed by atoms with E-state index in [0.29, 0.717) is 39.0 Å². The van der Waals surface area contributed by atoms with Gasteiger partial charge in [0.15, 0.2) is 0 Å². The van der Waals surface area contributed by atoms with Gasteiger partial charge in [-0.05, 0) is 57.5 Å². The van der Waals surface area contributed by atoms with Crippen LogP contribution in [0.4, 0.5) is 10.1 Å². The summed E-state index contributed by atoms with van der Waals surface area (Å²) in [6.45, 7) is 3.04. The Morgan fingerprint density at radius 3 is 2.63 bits per heavy atom. The highest BCUT2D eigenvalue weighted by molar-refractivity contribution is 7.92. The predicted octanol–water partition coefficient (Wildman–Crippen LogP) is 0.792. The van der Waals surface area contributed by atoms with Gasteiger partial charge in [0.1, 0.15) is 18.5 Å². The minimum Gasteiger partial charge on any atom is -0.388 e. The van der Waals surface area contributed by atoms with Crippen LogP contribution < -0.4 is 14.9 Å². The molecule has 1 amide bonds. The third kappa shape index (κ3) is 5.23. The van der Waals surface area contributed by atoms with E-state index in [4.69, 9.17) is 4.74 Å². The zero-order chi connectivity index (χ0) is 21.3. The molecule has 3 rings (SSSR count). The monoisotopic (exact) mass is 465 g/mol. The van der Waals surface area contributed by atoms with Gasteiger partial charge in [0.05, 0.1) is 23.1 Å². The van der Waals surface area contributed by atoms with Crippen molar-refractivity contribution >= 4 is 34.0 Å². The molecule has 0 bridgehead atoms. The molecular weight excluding hydrogens is 437 g/mol. The lowest BCUT2D eigenvalue weighted by molar-refractivity contribution is -0.200. The van der Waals surface area contributed by atoms with Crippen molar-refractivity contribution in [3.05, 3.63) is 30.1 Å². The number of anilines is 1. The first-order valence-corrected chi connectivity index (χ1v) is 11.5. The van der Waals surface area contributed by atoms with Crippen molar-refractivity contribution in [2.75, 3.05) is 36.8 Å². The quantitative estimate of drug-likeness (QED) is 0.593. The maximum Gasteiger partial charge on any atom is 0.241 e.